The van der Waals surface area contributed by atoms with Gasteiger partial charge in [-0.1, -0.05) is 36.5 Å². The predicted molar refractivity (Wildman–Crippen MR) is 94.0 cm³/mol. The molecule has 2 unspecified atom stereocenters. The Morgan fingerprint density at radius 2 is 0.905 bits per heavy atom. The summed E-state index contributed by atoms with van der Waals surface area (Å²) in [5.41, 5.74) is 0. The van der Waals surface area contributed by atoms with Crippen molar-refractivity contribution < 1.29 is 0 Å². The van der Waals surface area contributed by atoms with Crippen LogP contribution < -0.4 is 5.32 Å². The molecule has 0 heterocycles. The third kappa shape index (κ3) is 7.04. The standard InChI is InChI=1S/C18H28N3/c1-7-13-20(14-8-2)17(11-5)19-18(12-6)21(15-9-3)16-10-4/h7-12,17-18H,1-6,13-16H2. The van der Waals surface area contributed by atoms with Crippen molar-refractivity contribution >= 4 is 0 Å². The monoisotopic (exact) mass is 286 g/mol. The fourth-order valence-corrected chi connectivity index (χ4v) is 2.01. The molecule has 0 N–H and O–H groups in total. The zero-order chi connectivity index (χ0) is 16.1. The average molecular weight is 286 g/mol. The van der Waals surface area contributed by atoms with E-state index in [1.165, 1.54) is 0 Å². The normalized spacial score (nSPS) is 13.4. The van der Waals surface area contributed by atoms with Crippen LogP contribution in [0.3, 0.4) is 0 Å². The Hall–Kier alpha value is -1.68. The van der Waals surface area contributed by atoms with Crippen LogP contribution in [0.5, 0.6) is 0 Å². The molecule has 0 aliphatic carbocycles. The lowest BCUT2D eigenvalue weighted by molar-refractivity contribution is 0.161. The third-order valence-electron chi connectivity index (χ3n) is 2.93. The summed E-state index contributed by atoms with van der Waals surface area (Å²) in [6, 6.07) is 0. The average Bonchev–Trinajstić information content (AvgIpc) is 2.48. The first-order valence-electron chi connectivity index (χ1n) is 7.05. The van der Waals surface area contributed by atoms with Crippen LogP contribution in [-0.2, 0) is 0 Å². The van der Waals surface area contributed by atoms with Crippen molar-refractivity contribution in [2.75, 3.05) is 26.2 Å². The van der Waals surface area contributed by atoms with E-state index in [-0.39, 0.29) is 12.3 Å². The van der Waals surface area contributed by atoms with Crippen LogP contribution in [0.25, 0.3) is 0 Å². The van der Waals surface area contributed by atoms with Crippen molar-refractivity contribution in [2.45, 2.75) is 12.3 Å². The highest BCUT2D eigenvalue weighted by Crippen LogP contribution is 2.07. The lowest BCUT2D eigenvalue weighted by atomic mass is 10.3. The van der Waals surface area contributed by atoms with E-state index in [9.17, 15) is 0 Å². The molecule has 0 aromatic rings. The topological polar surface area (TPSA) is 20.6 Å². The summed E-state index contributed by atoms with van der Waals surface area (Å²) in [5, 5.41) is 4.81. The Kier molecular flexibility index (Phi) is 11.1. The van der Waals surface area contributed by atoms with Crippen LogP contribution in [0, 0.1) is 0 Å². The molecule has 0 aromatic carbocycles. The molecule has 0 spiro atoms. The van der Waals surface area contributed by atoms with E-state index in [1.54, 1.807) is 0 Å². The molecule has 3 nitrogen and oxygen atoms in total. The number of hydrogen-bond donors (Lipinski definition) is 0. The second kappa shape index (κ2) is 12.1. The second-order valence-electron chi connectivity index (χ2n) is 4.51. The maximum Gasteiger partial charge on any atom is 0.0974 e. The van der Waals surface area contributed by atoms with Crippen molar-refractivity contribution in [3.8, 4) is 0 Å². The zero-order valence-corrected chi connectivity index (χ0v) is 13.0. The molecule has 0 saturated heterocycles. The maximum absolute atomic E-state index is 4.81. The Morgan fingerprint density at radius 3 is 1.10 bits per heavy atom. The fraction of sp³-hybridized carbons (Fsp3) is 0.333. The van der Waals surface area contributed by atoms with Crippen LogP contribution in [-0.4, -0.2) is 48.3 Å². The van der Waals surface area contributed by atoms with Crippen molar-refractivity contribution in [1.29, 1.82) is 0 Å². The van der Waals surface area contributed by atoms with Crippen molar-refractivity contribution in [3.05, 3.63) is 75.9 Å². The second-order valence-corrected chi connectivity index (χ2v) is 4.51. The highest BCUT2D eigenvalue weighted by molar-refractivity contribution is 4.98. The summed E-state index contributed by atoms with van der Waals surface area (Å²) < 4.78 is 0. The van der Waals surface area contributed by atoms with Crippen LogP contribution in [0.2, 0.25) is 0 Å². The van der Waals surface area contributed by atoms with E-state index in [4.69, 9.17) is 5.32 Å². The van der Waals surface area contributed by atoms with Crippen LogP contribution in [0.15, 0.2) is 75.9 Å². The first kappa shape index (κ1) is 19.3. The van der Waals surface area contributed by atoms with Gasteiger partial charge in [0.1, 0.15) is 0 Å². The molecule has 0 fully saturated rings. The van der Waals surface area contributed by atoms with Crippen molar-refractivity contribution in [3.63, 3.8) is 0 Å². The van der Waals surface area contributed by atoms with E-state index >= 15 is 0 Å². The zero-order valence-electron chi connectivity index (χ0n) is 13.0. The van der Waals surface area contributed by atoms with Gasteiger partial charge in [0.25, 0.3) is 0 Å². The summed E-state index contributed by atoms with van der Waals surface area (Å²) in [4.78, 5) is 4.26. The molecule has 0 aliphatic heterocycles. The lowest BCUT2D eigenvalue weighted by Gasteiger charge is -2.34. The van der Waals surface area contributed by atoms with Crippen molar-refractivity contribution in [1.82, 2.24) is 15.1 Å². The third-order valence-corrected chi connectivity index (χ3v) is 2.93. The van der Waals surface area contributed by atoms with Gasteiger partial charge in [0.15, 0.2) is 0 Å². The Morgan fingerprint density at radius 1 is 0.619 bits per heavy atom. The van der Waals surface area contributed by atoms with Gasteiger partial charge in [-0.05, 0) is 0 Å². The first-order chi connectivity index (χ1) is 10.2. The maximum atomic E-state index is 4.81. The fourth-order valence-electron chi connectivity index (χ4n) is 2.01. The van der Waals surface area contributed by atoms with Gasteiger partial charge >= 0.3 is 0 Å². The van der Waals surface area contributed by atoms with Crippen LogP contribution in [0.4, 0.5) is 0 Å². The minimum absolute atomic E-state index is 0.124. The van der Waals surface area contributed by atoms with Crippen molar-refractivity contribution in [2.24, 2.45) is 0 Å². The molecule has 0 amide bonds. The molecular weight excluding hydrogens is 258 g/mol. The minimum atomic E-state index is -0.124. The Balaban J connectivity index is 4.99. The van der Waals surface area contributed by atoms with Gasteiger partial charge in [-0.15, -0.1) is 39.5 Å². The van der Waals surface area contributed by atoms with E-state index in [0.29, 0.717) is 0 Å². The van der Waals surface area contributed by atoms with E-state index < -0.39 is 0 Å². The molecule has 2 atom stereocenters. The van der Waals surface area contributed by atoms with Gasteiger partial charge in [-0.25, -0.2) is 0 Å². The SMILES string of the molecule is C=CCN(CC=C)C(C=C)[N]C(C=C)N(CC=C)CC=C. The quantitative estimate of drug-likeness (QED) is 0.458. The largest absolute Gasteiger partial charge is 0.276 e. The minimum Gasteiger partial charge on any atom is -0.276 e. The molecule has 0 rings (SSSR count). The smallest absolute Gasteiger partial charge is 0.0974 e. The summed E-state index contributed by atoms with van der Waals surface area (Å²) in [5.74, 6) is 0. The van der Waals surface area contributed by atoms with Gasteiger partial charge in [0.2, 0.25) is 0 Å². The summed E-state index contributed by atoms with van der Waals surface area (Å²) in [6.07, 6.45) is 10.8. The summed E-state index contributed by atoms with van der Waals surface area (Å²) in [7, 11) is 0. The van der Waals surface area contributed by atoms with E-state index in [2.05, 4.69) is 49.3 Å². The summed E-state index contributed by atoms with van der Waals surface area (Å²) in [6.45, 7) is 25.8. The van der Waals surface area contributed by atoms with Gasteiger partial charge in [0.05, 0.1) is 12.3 Å². The van der Waals surface area contributed by atoms with E-state index in [1.807, 2.05) is 36.5 Å². The van der Waals surface area contributed by atoms with Gasteiger partial charge in [-0.3, -0.25) is 9.80 Å². The molecule has 0 bridgehead atoms. The Bertz CT molecular complexity index is 305. The molecule has 3 heteroatoms. The highest BCUT2D eigenvalue weighted by Gasteiger charge is 2.21. The number of hydrogen-bond acceptors (Lipinski definition) is 2. The number of rotatable bonds is 14. The van der Waals surface area contributed by atoms with Crippen LogP contribution >= 0.6 is 0 Å². The Labute approximate surface area is 130 Å². The van der Waals surface area contributed by atoms with E-state index in [0.717, 1.165) is 26.2 Å². The van der Waals surface area contributed by atoms with Crippen LogP contribution in [0.1, 0.15) is 0 Å². The molecular formula is C18H28N3. The molecule has 115 valence electrons. The van der Waals surface area contributed by atoms with Gasteiger partial charge < -0.3 is 0 Å². The lowest BCUT2D eigenvalue weighted by Crippen LogP contribution is -2.50. The number of nitrogens with zero attached hydrogens (tertiary/aromatic N) is 3. The molecule has 0 aliphatic rings. The summed E-state index contributed by atoms with van der Waals surface area (Å²) >= 11 is 0. The molecule has 21 heavy (non-hydrogen) atoms. The molecule has 0 aromatic heterocycles. The highest BCUT2D eigenvalue weighted by atomic mass is 15.3. The van der Waals surface area contributed by atoms with Gasteiger partial charge in [0, 0.05) is 26.2 Å². The molecule has 1 radical (unpaired) electrons. The molecule has 0 saturated carbocycles. The first-order valence-corrected chi connectivity index (χ1v) is 7.05. The predicted octanol–water partition coefficient (Wildman–Crippen LogP) is 2.96. The van der Waals surface area contributed by atoms with Gasteiger partial charge in [-0.2, -0.15) is 5.32 Å².